The fourth-order valence-electron chi connectivity index (χ4n) is 1.40. The number of aryl methyl sites for hydroxylation is 2. The van der Waals surface area contributed by atoms with Crippen molar-refractivity contribution in [1.82, 2.24) is 0 Å². The van der Waals surface area contributed by atoms with E-state index in [0.29, 0.717) is 0 Å². The van der Waals surface area contributed by atoms with Gasteiger partial charge in [-0.2, -0.15) is 0 Å². The number of hydrogen-bond acceptors (Lipinski definition) is 0. The van der Waals surface area contributed by atoms with Gasteiger partial charge in [-0.15, -0.1) is 0 Å². The molecular weight excluding hydrogens is 172 g/mol. The first-order chi connectivity index (χ1) is 6.18. The van der Waals surface area contributed by atoms with Crippen molar-refractivity contribution < 1.29 is 0 Å². The lowest BCUT2D eigenvalue weighted by Gasteiger charge is -2.03. The molecular formula is C12H19Si. The van der Waals surface area contributed by atoms with Crippen LogP contribution >= 0.6 is 0 Å². The normalized spacial score (nSPS) is 10.8. The van der Waals surface area contributed by atoms with Crippen LogP contribution < -0.4 is 0 Å². The second-order valence-corrected chi connectivity index (χ2v) is 6.96. The van der Waals surface area contributed by atoms with Crippen LogP contribution in [0.1, 0.15) is 17.5 Å². The highest BCUT2D eigenvalue weighted by Gasteiger charge is 1.97. The van der Waals surface area contributed by atoms with Gasteiger partial charge in [0.15, 0.2) is 0 Å². The van der Waals surface area contributed by atoms with Crippen molar-refractivity contribution in [2.24, 2.45) is 0 Å². The van der Waals surface area contributed by atoms with Gasteiger partial charge in [-0.25, -0.2) is 0 Å². The molecule has 0 aromatic heterocycles. The Bertz CT molecular complexity index is 236. The van der Waals surface area contributed by atoms with Crippen LogP contribution in [0.4, 0.5) is 0 Å². The molecule has 0 fully saturated rings. The van der Waals surface area contributed by atoms with Crippen LogP contribution in [0.2, 0.25) is 19.1 Å². The van der Waals surface area contributed by atoms with Gasteiger partial charge in [0.05, 0.1) is 0 Å². The second-order valence-electron chi connectivity index (χ2n) is 4.05. The predicted molar refractivity (Wildman–Crippen MR) is 61.8 cm³/mol. The molecule has 0 unspecified atom stereocenters. The topological polar surface area (TPSA) is 0 Å². The molecule has 1 heteroatoms. The van der Waals surface area contributed by atoms with Gasteiger partial charge in [0.25, 0.3) is 0 Å². The zero-order valence-corrected chi connectivity index (χ0v) is 9.93. The van der Waals surface area contributed by atoms with Crippen LogP contribution in [0.15, 0.2) is 24.3 Å². The fraction of sp³-hybridized carbons (Fsp3) is 0.500. The summed E-state index contributed by atoms with van der Waals surface area (Å²) in [5.74, 6) is 0. The molecule has 1 aromatic rings. The lowest BCUT2D eigenvalue weighted by molar-refractivity contribution is 0.909. The average Bonchev–Trinajstić information content (AvgIpc) is 2.08. The van der Waals surface area contributed by atoms with E-state index in [-0.39, 0.29) is 8.80 Å². The summed E-state index contributed by atoms with van der Waals surface area (Å²) in [6.07, 6.45) is 2.63. The minimum Gasteiger partial charge on any atom is -0.0713 e. The molecule has 0 aliphatic heterocycles. The van der Waals surface area contributed by atoms with E-state index in [2.05, 4.69) is 44.3 Å². The molecule has 0 saturated heterocycles. The summed E-state index contributed by atoms with van der Waals surface area (Å²) < 4.78 is 0. The molecule has 13 heavy (non-hydrogen) atoms. The first kappa shape index (κ1) is 10.5. The Morgan fingerprint density at radius 1 is 1.08 bits per heavy atom. The summed E-state index contributed by atoms with van der Waals surface area (Å²) in [6.45, 7) is 6.92. The first-order valence-electron chi connectivity index (χ1n) is 5.03. The molecule has 0 aliphatic rings. The first-order valence-corrected chi connectivity index (χ1v) is 7.74. The molecule has 0 atom stereocenters. The van der Waals surface area contributed by atoms with Gasteiger partial charge < -0.3 is 0 Å². The third kappa shape index (κ3) is 4.27. The molecule has 0 heterocycles. The van der Waals surface area contributed by atoms with E-state index in [1.807, 2.05) is 0 Å². The van der Waals surface area contributed by atoms with Crippen LogP contribution in [-0.2, 0) is 6.42 Å². The molecule has 0 N–H and O–H groups in total. The highest BCUT2D eigenvalue weighted by molar-refractivity contribution is 6.55. The molecule has 0 nitrogen and oxygen atoms in total. The van der Waals surface area contributed by atoms with Crippen molar-refractivity contribution >= 4 is 8.80 Å². The third-order valence-electron chi connectivity index (χ3n) is 2.26. The molecule has 0 saturated carbocycles. The highest BCUT2D eigenvalue weighted by atomic mass is 28.3. The van der Waals surface area contributed by atoms with Crippen molar-refractivity contribution in [3.8, 4) is 0 Å². The van der Waals surface area contributed by atoms with Crippen LogP contribution in [0.25, 0.3) is 0 Å². The molecule has 1 radical (unpaired) electrons. The predicted octanol–water partition coefficient (Wildman–Crippen LogP) is 3.68. The van der Waals surface area contributed by atoms with Gasteiger partial charge in [-0.3, -0.25) is 0 Å². The molecule has 1 aromatic carbocycles. The Balaban J connectivity index is 2.33. The van der Waals surface area contributed by atoms with Crippen LogP contribution in [0.3, 0.4) is 0 Å². The number of rotatable bonds is 4. The Labute approximate surface area is 83.6 Å². The molecule has 71 valence electrons. The summed E-state index contributed by atoms with van der Waals surface area (Å²) in [5, 5.41) is 0. The maximum absolute atomic E-state index is 2.39. The maximum Gasteiger partial charge on any atom is 0.0413 e. The van der Waals surface area contributed by atoms with E-state index < -0.39 is 0 Å². The van der Waals surface area contributed by atoms with Gasteiger partial charge in [0.1, 0.15) is 0 Å². The van der Waals surface area contributed by atoms with Gasteiger partial charge in [-0.1, -0.05) is 55.4 Å². The minimum atomic E-state index is -0.0123. The third-order valence-corrected chi connectivity index (χ3v) is 3.62. The zero-order valence-electron chi connectivity index (χ0n) is 8.93. The quantitative estimate of drug-likeness (QED) is 0.637. The van der Waals surface area contributed by atoms with Gasteiger partial charge in [0.2, 0.25) is 0 Å². The molecule has 0 spiro atoms. The minimum absolute atomic E-state index is 0.0123. The summed E-state index contributed by atoms with van der Waals surface area (Å²) in [6, 6.07) is 10.4. The summed E-state index contributed by atoms with van der Waals surface area (Å²) in [7, 11) is -0.0123. The Morgan fingerprint density at radius 3 is 2.23 bits per heavy atom. The van der Waals surface area contributed by atoms with Crippen molar-refractivity contribution in [3.63, 3.8) is 0 Å². The van der Waals surface area contributed by atoms with E-state index in [9.17, 15) is 0 Å². The van der Waals surface area contributed by atoms with Crippen molar-refractivity contribution in [3.05, 3.63) is 35.4 Å². The fourth-order valence-corrected chi connectivity index (χ4v) is 2.28. The smallest absolute Gasteiger partial charge is 0.0413 e. The van der Waals surface area contributed by atoms with Crippen molar-refractivity contribution in [2.45, 2.75) is 38.9 Å². The van der Waals surface area contributed by atoms with E-state index >= 15 is 0 Å². The van der Waals surface area contributed by atoms with Gasteiger partial charge >= 0.3 is 0 Å². The van der Waals surface area contributed by atoms with E-state index in [4.69, 9.17) is 0 Å². The lowest BCUT2D eigenvalue weighted by atomic mass is 10.1. The lowest BCUT2D eigenvalue weighted by Crippen LogP contribution is -1.99. The SMILES string of the molecule is Cc1ccc(CCC[Si](C)C)cc1. The number of hydrogen-bond donors (Lipinski definition) is 0. The summed E-state index contributed by atoms with van der Waals surface area (Å²) >= 11 is 0. The Kier molecular flexibility index (Phi) is 4.23. The molecule has 0 aliphatic carbocycles. The summed E-state index contributed by atoms with van der Waals surface area (Å²) in [5.41, 5.74) is 2.85. The van der Waals surface area contributed by atoms with Gasteiger partial charge in [-0.05, 0) is 18.9 Å². The van der Waals surface area contributed by atoms with Crippen molar-refractivity contribution in [1.29, 1.82) is 0 Å². The summed E-state index contributed by atoms with van der Waals surface area (Å²) in [4.78, 5) is 0. The Morgan fingerprint density at radius 2 is 1.69 bits per heavy atom. The van der Waals surface area contributed by atoms with Crippen molar-refractivity contribution in [2.75, 3.05) is 0 Å². The monoisotopic (exact) mass is 191 g/mol. The average molecular weight is 191 g/mol. The largest absolute Gasteiger partial charge is 0.0713 e. The van der Waals surface area contributed by atoms with Crippen LogP contribution in [0, 0.1) is 6.92 Å². The zero-order chi connectivity index (χ0) is 9.68. The van der Waals surface area contributed by atoms with E-state index in [1.54, 1.807) is 0 Å². The van der Waals surface area contributed by atoms with E-state index in [0.717, 1.165) is 0 Å². The molecule has 0 amide bonds. The van der Waals surface area contributed by atoms with Gasteiger partial charge in [0, 0.05) is 8.80 Å². The molecule has 0 bridgehead atoms. The van der Waals surface area contributed by atoms with E-state index in [1.165, 1.54) is 30.0 Å². The standard InChI is InChI=1S/C12H19Si/c1-11-6-8-12(9-7-11)5-4-10-13(2)3/h6-9H,4-5,10H2,1-3H3. The second kappa shape index (κ2) is 5.23. The highest BCUT2D eigenvalue weighted by Crippen LogP contribution is 2.08. The maximum atomic E-state index is 2.39. The van der Waals surface area contributed by atoms with Crippen LogP contribution in [0.5, 0.6) is 0 Å². The molecule has 1 rings (SSSR count). The Hall–Kier alpha value is -0.563. The number of benzene rings is 1. The van der Waals surface area contributed by atoms with Crippen LogP contribution in [-0.4, -0.2) is 8.80 Å².